The maximum atomic E-state index is 13.1. The Morgan fingerprint density at radius 2 is 1.69 bits per heavy atom. The molecule has 0 saturated carbocycles. The quantitative estimate of drug-likeness (QED) is 0.804. The number of carbonyl (C=O) groups is 1. The molecule has 1 saturated heterocycles. The first kappa shape index (κ1) is 21.0. The fourth-order valence-electron chi connectivity index (χ4n) is 3.72. The fourth-order valence-corrected chi connectivity index (χ4v) is 5.35. The number of benzene rings is 2. The Bertz CT molecular complexity index is 1050. The molecule has 29 heavy (non-hydrogen) atoms. The Balaban J connectivity index is 1.77. The highest BCUT2D eigenvalue weighted by Gasteiger charge is 2.34. The number of nitriles is 1. The summed E-state index contributed by atoms with van der Waals surface area (Å²) in [6.45, 7) is 5.04. The third-order valence-corrected chi connectivity index (χ3v) is 7.27. The molecule has 3 rings (SSSR count). The minimum absolute atomic E-state index is 0.274. The van der Waals surface area contributed by atoms with Crippen LogP contribution in [0.5, 0.6) is 0 Å². The lowest BCUT2D eigenvalue weighted by molar-refractivity contribution is -0.124. The van der Waals surface area contributed by atoms with Gasteiger partial charge in [0.2, 0.25) is 15.9 Å². The molecule has 2 N–H and O–H groups in total. The van der Waals surface area contributed by atoms with Crippen LogP contribution in [0.2, 0.25) is 0 Å². The lowest BCUT2D eigenvalue weighted by Gasteiger charge is -2.37. The van der Waals surface area contributed by atoms with E-state index in [1.165, 1.54) is 4.31 Å². The maximum absolute atomic E-state index is 13.1. The topological polar surface area (TPSA) is 108 Å². The Hall–Kier alpha value is -2.73. The first-order chi connectivity index (χ1) is 13.7. The van der Waals surface area contributed by atoms with Crippen LogP contribution in [0.25, 0.3) is 0 Å². The molecule has 1 heterocycles. The summed E-state index contributed by atoms with van der Waals surface area (Å²) in [5.74, 6) is -0.500. The molecule has 0 aliphatic carbocycles. The SMILES string of the molecule is Cc1ccc(S(=O)(=O)N2CCN(C(C(N)=O)c3ccc(C#N)cc3)CC2)c(C)c1. The van der Waals surface area contributed by atoms with E-state index in [-0.39, 0.29) is 13.1 Å². The highest BCUT2D eigenvalue weighted by molar-refractivity contribution is 7.89. The molecular weight excluding hydrogens is 388 g/mol. The van der Waals surface area contributed by atoms with Crippen molar-refractivity contribution in [1.82, 2.24) is 9.21 Å². The van der Waals surface area contributed by atoms with Crippen molar-refractivity contribution in [3.63, 3.8) is 0 Å². The number of hydrogen-bond donors (Lipinski definition) is 1. The normalized spacial score (nSPS) is 16.9. The lowest BCUT2D eigenvalue weighted by atomic mass is 10.0. The molecule has 7 nitrogen and oxygen atoms in total. The van der Waals surface area contributed by atoms with Crippen LogP contribution in [0.4, 0.5) is 0 Å². The second-order valence-electron chi connectivity index (χ2n) is 7.25. The summed E-state index contributed by atoms with van der Waals surface area (Å²) in [7, 11) is -3.60. The largest absolute Gasteiger partial charge is 0.368 e. The van der Waals surface area contributed by atoms with Gasteiger partial charge in [-0.15, -0.1) is 0 Å². The monoisotopic (exact) mass is 412 g/mol. The van der Waals surface area contributed by atoms with Crippen molar-refractivity contribution in [3.8, 4) is 6.07 Å². The number of primary amides is 1. The number of carbonyl (C=O) groups excluding carboxylic acids is 1. The number of nitrogens with two attached hydrogens (primary N) is 1. The van der Waals surface area contributed by atoms with Crippen molar-refractivity contribution in [1.29, 1.82) is 5.26 Å². The molecule has 1 unspecified atom stereocenters. The molecule has 0 spiro atoms. The van der Waals surface area contributed by atoms with E-state index >= 15 is 0 Å². The zero-order chi connectivity index (χ0) is 21.2. The third-order valence-electron chi connectivity index (χ3n) is 5.21. The van der Waals surface area contributed by atoms with Crippen LogP contribution >= 0.6 is 0 Å². The van der Waals surface area contributed by atoms with E-state index in [1.54, 1.807) is 43.3 Å². The maximum Gasteiger partial charge on any atom is 0.243 e. The van der Waals surface area contributed by atoms with Gasteiger partial charge in [-0.25, -0.2) is 8.42 Å². The number of piperazine rings is 1. The minimum atomic E-state index is -3.60. The molecule has 2 aromatic rings. The van der Waals surface area contributed by atoms with Crippen LogP contribution in [0.1, 0.15) is 28.3 Å². The van der Waals surface area contributed by atoms with Crippen molar-refractivity contribution < 1.29 is 13.2 Å². The van der Waals surface area contributed by atoms with Crippen LogP contribution in [0, 0.1) is 25.2 Å². The van der Waals surface area contributed by atoms with E-state index in [9.17, 15) is 13.2 Å². The molecule has 1 amide bonds. The second kappa shape index (κ2) is 8.33. The van der Waals surface area contributed by atoms with Gasteiger partial charge in [-0.3, -0.25) is 9.69 Å². The van der Waals surface area contributed by atoms with E-state index in [1.807, 2.05) is 24.0 Å². The molecular formula is C21H24N4O3S. The summed E-state index contributed by atoms with van der Waals surface area (Å²) in [4.78, 5) is 14.3. The van der Waals surface area contributed by atoms with Gasteiger partial charge in [0, 0.05) is 26.2 Å². The van der Waals surface area contributed by atoms with Crippen molar-refractivity contribution in [2.24, 2.45) is 5.73 Å². The first-order valence-electron chi connectivity index (χ1n) is 9.35. The zero-order valence-corrected chi connectivity index (χ0v) is 17.3. The molecule has 8 heteroatoms. The average Bonchev–Trinajstić information content (AvgIpc) is 2.68. The van der Waals surface area contributed by atoms with Crippen molar-refractivity contribution >= 4 is 15.9 Å². The number of hydrogen-bond acceptors (Lipinski definition) is 5. The van der Waals surface area contributed by atoms with Gasteiger partial charge in [-0.1, -0.05) is 29.8 Å². The minimum Gasteiger partial charge on any atom is -0.368 e. The van der Waals surface area contributed by atoms with Gasteiger partial charge in [0.25, 0.3) is 0 Å². The lowest BCUT2D eigenvalue weighted by Crippen LogP contribution is -2.51. The Kier molecular flexibility index (Phi) is 6.03. The summed E-state index contributed by atoms with van der Waals surface area (Å²) >= 11 is 0. The van der Waals surface area contributed by atoms with Gasteiger partial charge in [0.05, 0.1) is 16.5 Å². The molecule has 1 aliphatic rings. The summed E-state index contributed by atoms with van der Waals surface area (Å²) in [6, 6.07) is 13.4. The molecule has 2 aromatic carbocycles. The van der Waals surface area contributed by atoms with E-state index in [4.69, 9.17) is 11.0 Å². The molecule has 0 radical (unpaired) electrons. The van der Waals surface area contributed by atoms with Crippen molar-refractivity contribution in [2.45, 2.75) is 24.8 Å². The second-order valence-corrected chi connectivity index (χ2v) is 9.15. The summed E-state index contributed by atoms with van der Waals surface area (Å²) < 4.78 is 27.6. The van der Waals surface area contributed by atoms with Crippen LogP contribution in [0.3, 0.4) is 0 Å². The predicted octanol–water partition coefficient (Wildman–Crippen LogP) is 1.71. The predicted molar refractivity (Wildman–Crippen MR) is 109 cm³/mol. The number of amides is 1. The number of nitrogens with zero attached hydrogens (tertiary/aromatic N) is 3. The molecule has 152 valence electrons. The van der Waals surface area contributed by atoms with Crippen LogP contribution < -0.4 is 5.73 Å². The molecule has 1 atom stereocenters. The van der Waals surface area contributed by atoms with Crippen LogP contribution in [0.15, 0.2) is 47.4 Å². The molecule has 1 fully saturated rings. The number of aryl methyl sites for hydroxylation is 2. The van der Waals surface area contributed by atoms with Crippen molar-refractivity contribution in [3.05, 3.63) is 64.7 Å². The highest BCUT2D eigenvalue weighted by atomic mass is 32.2. The van der Waals surface area contributed by atoms with Gasteiger partial charge < -0.3 is 5.73 Å². The van der Waals surface area contributed by atoms with E-state index in [2.05, 4.69) is 0 Å². The van der Waals surface area contributed by atoms with Gasteiger partial charge in [-0.05, 0) is 43.2 Å². The van der Waals surface area contributed by atoms with Crippen LogP contribution in [-0.4, -0.2) is 49.7 Å². The summed E-state index contributed by atoms with van der Waals surface area (Å²) in [5, 5.41) is 8.94. The average molecular weight is 413 g/mol. The van der Waals surface area contributed by atoms with E-state index < -0.39 is 22.0 Å². The van der Waals surface area contributed by atoms with Gasteiger partial charge >= 0.3 is 0 Å². The highest BCUT2D eigenvalue weighted by Crippen LogP contribution is 2.26. The fraction of sp³-hybridized carbons (Fsp3) is 0.333. The Morgan fingerprint density at radius 1 is 1.07 bits per heavy atom. The molecule has 1 aliphatic heterocycles. The van der Waals surface area contributed by atoms with Gasteiger partial charge in [0.15, 0.2) is 0 Å². The smallest absolute Gasteiger partial charge is 0.243 e. The van der Waals surface area contributed by atoms with Crippen molar-refractivity contribution in [2.75, 3.05) is 26.2 Å². The van der Waals surface area contributed by atoms with Gasteiger partial charge in [0.1, 0.15) is 6.04 Å². The van der Waals surface area contributed by atoms with Crippen LogP contribution in [-0.2, 0) is 14.8 Å². The Labute approximate surface area is 171 Å². The summed E-state index contributed by atoms with van der Waals surface area (Å²) in [6.07, 6.45) is 0. The Morgan fingerprint density at radius 3 is 2.21 bits per heavy atom. The molecule has 0 bridgehead atoms. The van der Waals surface area contributed by atoms with E-state index in [0.29, 0.717) is 29.1 Å². The number of rotatable bonds is 5. The summed E-state index contributed by atoms with van der Waals surface area (Å²) in [5.41, 5.74) is 8.57. The zero-order valence-electron chi connectivity index (χ0n) is 16.5. The van der Waals surface area contributed by atoms with Gasteiger partial charge in [-0.2, -0.15) is 9.57 Å². The standard InChI is InChI=1S/C21H24N4O3S/c1-15-3-8-19(16(2)13-15)29(27,28)25-11-9-24(10-12-25)20(21(23)26)18-6-4-17(14-22)5-7-18/h3-8,13,20H,9-12H2,1-2H3,(H2,23,26). The number of sulfonamides is 1. The third kappa shape index (κ3) is 4.32. The molecule has 0 aromatic heterocycles. The first-order valence-corrected chi connectivity index (χ1v) is 10.8. The van der Waals surface area contributed by atoms with E-state index in [0.717, 1.165) is 11.1 Å².